The largest absolute Gasteiger partial charge is 0.481 e. The van der Waals surface area contributed by atoms with Gasteiger partial charge in [-0.1, -0.05) is 102 Å². The molecule has 12 heteroatoms. The van der Waals surface area contributed by atoms with Crippen LogP contribution in [0.5, 0.6) is 0 Å². The third-order valence-electron chi connectivity index (χ3n) is 10.7. The van der Waals surface area contributed by atoms with Gasteiger partial charge in [0.25, 0.3) is 5.91 Å². The highest BCUT2D eigenvalue weighted by Crippen LogP contribution is 2.38. The maximum Gasteiger partial charge on any atom is 0.307 e. The monoisotopic (exact) mass is 766 g/mol. The third-order valence-corrected chi connectivity index (χ3v) is 10.7. The molecule has 0 saturated carbocycles. The van der Waals surface area contributed by atoms with Crippen LogP contribution >= 0.6 is 0 Å². The molecule has 0 bridgehead atoms. The van der Waals surface area contributed by atoms with E-state index in [1.54, 1.807) is 44.2 Å². The molecule has 1 aromatic heterocycles. The molecule has 1 aliphatic heterocycles. The molecule has 4 rings (SSSR count). The Hall–Kier alpha value is -5.39. The summed E-state index contributed by atoms with van der Waals surface area (Å²) in [4.78, 5) is 105. The molecule has 6 atom stereocenters. The van der Waals surface area contributed by atoms with Gasteiger partial charge in [0, 0.05) is 56.0 Å². The van der Waals surface area contributed by atoms with Gasteiger partial charge in [-0.3, -0.25) is 38.5 Å². The minimum atomic E-state index is -1.19. The summed E-state index contributed by atoms with van der Waals surface area (Å²) in [5.41, 5.74) is 1.64. The number of benzene rings is 2. The minimum absolute atomic E-state index is 0.0586. The van der Waals surface area contributed by atoms with Crippen molar-refractivity contribution in [2.24, 2.45) is 29.6 Å². The Bertz CT molecular complexity index is 1830. The lowest BCUT2D eigenvalue weighted by Crippen LogP contribution is -2.49. The first kappa shape index (κ1) is 43.3. The standard InChI is InChI=1S/C44H54N4O8/c1-6-13-31(41(52)38(51)24-32(44(55)56)22-29-14-9-7-10-15-29)23-37(50)40-33(30-16-11-8-12-17-30)18-21-48(40)43(54)34(27(2)3)25-36(49)39(28(4)5)47-42(53)35-26-45-19-20-46-35/h7-12,14-17,19-20,26-28,31-34,39-40H,6,13,18,21-25H2,1-5H3,(H,47,53)(H,55,56)/t31?,32-,33-,34+,39+,40+/m1/s1. The fraction of sp³-hybridized carbons (Fsp3) is 0.477. The number of carbonyl (C=O) groups is 7. The molecule has 12 nitrogen and oxygen atoms in total. The molecule has 0 aliphatic carbocycles. The van der Waals surface area contributed by atoms with Crippen LogP contribution in [0, 0.1) is 29.6 Å². The Labute approximate surface area is 328 Å². The van der Waals surface area contributed by atoms with Gasteiger partial charge in [-0.25, -0.2) is 4.98 Å². The molecule has 2 heterocycles. The van der Waals surface area contributed by atoms with Crippen LogP contribution in [0.15, 0.2) is 79.3 Å². The van der Waals surface area contributed by atoms with Crippen molar-refractivity contribution in [3.63, 3.8) is 0 Å². The molecule has 2 amide bonds. The topological polar surface area (TPSA) is 181 Å². The molecule has 0 radical (unpaired) electrons. The number of hydrogen-bond acceptors (Lipinski definition) is 9. The zero-order valence-electron chi connectivity index (χ0n) is 32.9. The summed E-state index contributed by atoms with van der Waals surface area (Å²) in [6.45, 7) is 9.36. The number of ketones is 4. The van der Waals surface area contributed by atoms with E-state index in [9.17, 15) is 38.7 Å². The van der Waals surface area contributed by atoms with Gasteiger partial charge in [-0.2, -0.15) is 0 Å². The summed E-state index contributed by atoms with van der Waals surface area (Å²) >= 11 is 0. The fourth-order valence-corrected chi connectivity index (χ4v) is 7.64. The van der Waals surface area contributed by atoms with Gasteiger partial charge in [0.1, 0.15) is 5.69 Å². The van der Waals surface area contributed by atoms with Gasteiger partial charge in [0.15, 0.2) is 17.3 Å². The number of likely N-dealkylation sites (tertiary alicyclic amines) is 1. The SMILES string of the molecule is CCCC(CC(=O)[C@@H]1[C@@H](c2ccccc2)CCN1C(=O)[C@@H](CC(=O)[C@@H](NC(=O)c1cnccn1)C(C)C)C(C)C)C(=O)C(=O)C[C@@H](Cc1ccccc1)C(=O)O. The van der Waals surface area contributed by atoms with Crippen molar-refractivity contribution < 1.29 is 38.7 Å². The van der Waals surface area contributed by atoms with Crippen molar-refractivity contribution in [2.75, 3.05) is 6.54 Å². The van der Waals surface area contributed by atoms with Crippen LogP contribution in [0.1, 0.15) is 101 Å². The van der Waals surface area contributed by atoms with Crippen molar-refractivity contribution in [3.8, 4) is 0 Å². The first-order valence-corrected chi connectivity index (χ1v) is 19.5. The normalized spacial score (nSPS) is 17.5. The van der Waals surface area contributed by atoms with E-state index in [0.29, 0.717) is 12.8 Å². The predicted molar refractivity (Wildman–Crippen MR) is 209 cm³/mol. The molecule has 1 fully saturated rings. The van der Waals surface area contributed by atoms with Crippen LogP contribution in [0.4, 0.5) is 0 Å². The maximum atomic E-state index is 14.6. The number of carboxylic acids is 1. The zero-order valence-corrected chi connectivity index (χ0v) is 32.9. The molecule has 1 unspecified atom stereocenters. The van der Waals surface area contributed by atoms with Gasteiger partial charge < -0.3 is 15.3 Å². The number of carboxylic acid groups (broad SMARTS) is 1. The number of hydrogen-bond donors (Lipinski definition) is 2. The van der Waals surface area contributed by atoms with E-state index in [0.717, 1.165) is 11.1 Å². The van der Waals surface area contributed by atoms with Gasteiger partial charge in [0.05, 0.1) is 24.2 Å². The molecule has 2 N–H and O–H groups in total. The summed E-state index contributed by atoms with van der Waals surface area (Å²) < 4.78 is 0. The molecule has 1 aliphatic rings. The van der Waals surface area contributed by atoms with Gasteiger partial charge in [-0.05, 0) is 42.2 Å². The van der Waals surface area contributed by atoms with Gasteiger partial charge in [-0.15, -0.1) is 0 Å². The number of amides is 2. The lowest BCUT2D eigenvalue weighted by atomic mass is 9.81. The second-order valence-electron chi connectivity index (χ2n) is 15.5. The maximum absolute atomic E-state index is 14.6. The first-order valence-electron chi connectivity index (χ1n) is 19.5. The van der Waals surface area contributed by atoms with Crippen molar-refractivity contribution in [3.05, 3.63) is 96.1 Å². The highest BCUT2D eigenvalue weighted by molar-refractivity contribution is 6.38. The Morgan fingerprint density at radius 1 is 0.839 bits per heavy atom. The quantitative estimate of drug-likeness (QED) is 0.128. The van der Waals surface area contributed by atoms with Crippen LogP contribution in [0.2, 0.25) is 0 Å². The average molecular weight is 767 g/mol. The Kier molecular flexibility index (Phi) is 15.9. The molecule has 2 aromatic carbocycles. The number of aliphatic carboxylic acids is 1. The summed E-state index contributed by atoms with van der Waals surface area (Å²) in [6, 6.07) is 16.4. The Morgan fingerprint density at radius 2 is 1.50 bits per heavy atom. The van der Waals surface area contributed by atoms with E-state index in [1.165, 1.54) is 23.5 Å². The van der Waals surface area contributed by atoms with Crippen LogP contribution in [0.3, 0.4) is 0 Å². The molecule has 298 valence electrons. The van der Waals surface area contributed by atoms with Crippen molar-refractivity contribution in [1.82, 2.24) is 20.2 Å². The van der Waals surface area contributed by atoms with E-state index in [1.807, 2.05) is 51.1 Å². The number of rotatable bonds is 21. The van der Waals surface area contributed by atoms with E-state index in [-0.39, 0.29) is 73.1 Å². The highest BCUT2D eigenvalue weighted by atomic mass is 16.4. The number of nitrogens with one attached hydrogen (secondary N) is 1. The average Bonchev–Trinajstić information content (AvgIpc) is 3.64. The van der Waals surface area contributed by atoms with E-state index in [2.05, 4.69) is 15.3 Å². The number of carbonyl (C=O) groups excluding carboxylic acids is 6. The van der Waals surface area contributed by atoms with Crippen LogP contribution in [0.25, 0.3) is 0 Å². The smallest absolute Gasteiger partial charge is 0.307 e. The molecular weight excluding hydrogens is 713 g/mol. The number of aromatic nitrogens is 2. The lowest BCUT2D eigenvalue weighted by molar-refractivity contribution is -0.147. The van der Waals surface area contributed by atoms with Crippen molar-refractivity contribution in [1.29, 1.82) is 0 Å². The number of Topliss-reactive ketones (excluding diaryl/α,β-unsaturated/α-hetero) is 4. The van der Waals surface area contributed by atoms with Gasteiger partial charge >= 0.3 is 5.97 Å². The molecule has 1 saturated heterocycles. The fourth-order valence-electron chi connectivity index (χ4n) is 7.64. The number of nitrogens with zero attached hydrogens (tertiary/aromatic N) is 3. The summed E-state index contributed by atoms with van der Waals surface area (Å²) in [5.74, 6) is -8.30. The van der Waals surface area contributed by atoms with Crippen molar-refractivity contribution >= 4 is 40.9 Å². The highest BCUT2D eigenvalue weighted by Gasteiger charge is 2.46. The van der Waals surface area contributed by atoms with E-state index in [4.69, 9.17) is 0 Å². The third kappa shape index (κ3) is 11.3. The Morgan fingerprint density at radius 3 is 2.07 bits per heavy atom. The summed E-state index contributed by atoms with van der Waals surface area (Å²) in [6.07, 6.45) is 4.46. The molecule has 56 heavy (non-hydrogen) atoms. The zero-order chi connectivity index (χ0) is 40.9. The van der Waals surface area contributed by atoms with Gasteiger partial charge in [0.2, 0.25) is 11.7 Å². The lowest BCUT2D eigenvalue weighted by Gasteiger charge is -2.33. The first-order chi connectivity index (χ1) is 26.7. The van der Waals surface area contributed by atoms with Crippen LogP contribution in [-0.4, -0.2) is 79.5 Å². The van der Waals surface area contributed by atoms with Crippen molar-refractivity contribution in [2.45, 2.75) is 97.6 Å². The minimum Gasteiger partial charge on any atom is -0.481 e. The second-order valence-corrected chi connectivity index (χ2v) is 15.5. The van der Waals surface area contributed by atoms with E-state index >= 15 is 0 Å². The van der Waals surface area contributed by atoms with E-state index < -0.39 is 59.7 Å². The molecule has 3 aromatic rings. The van der Waals surface area contributed by atoms with Crippen LogP contribution in [-0.2, 0) is 35.2 Å². The second kappa shape index (κ2) is 20.5. The molecule has 0 spiro atoms. The van der Waals surface area contributed by atoms with Crippen LogP contribution < -0.4 is 5.32 Å². The Balaban J connectivity index is 1.57. The molecular formula is C44H54N4O8. The summed E-state index contributed by atoms with van der Waals surface area (Å²) in [7, 11) is 0. The predicted octanol–water partition coefficient (Wildman–Crippen LogP) is 5.69. The summed E-state index contributed by atoms with van der Waals surface area (Å²) in [5, 5.41) is 12.7.